The Morgan fingerprint density at radius 1 is 1.00 bits per heavy atom. The van der Waals surface area contributed by atoms with Crippen LogP contribution in [0.25, 0.3) is 22.2 Å². The molecule has 0 aliphatic carbocycles. The van der Waals surface area contributed by atoms with Gasteiger partial charge < -0.3 is 9.64 Å². The molecule has 4 aromatic rings. The van der Waals surface area contributed by atoms with Gasteiger partial charge in [-0.1, -0.05) is 25.1 Å². The van der Waals surface area contributed by atoms with Gasteiger partial charge in [-0.15, -0.1) is 0 Å². The van der Waals surface area contributed by atoms with Crippen molar-refractivity contribution in [2.45, 2.75) is 46.1 Å². The predicted octanol–water partition coefficient (Wildman–Crippen LogP) is 5.40. The molecular formula is C28H30N4O. The highest BCUT2D eigenvalue weighted by Gasteiger charge is 2.36. The van der Waals surface area contributed by atoms with E-state index in [9.17, 15) is 0 Å². The fourth-order valence-corrected chi connectivity index (χ4v) is 5.40. The largest absolute Gasteiger partial charge is 0.379 e. The molecule has 0 radical (unpaired) electrons. The van der Waals surface area contributed by atoms with Crippen LogP contribution in [-0.4, -0.2) is 34.9 Å². The van der Waals surface area contributed by atoms with Crippen LogP contribution in [-0.2, 0) is 23.1 Å². The summed E-state index contributed by atoms with van der Waals surface area (Å²) in [5.74, 6) is 0. The molecule has 0 saturated carbocycles. The Labute approximate surface area is 194 Å². The van der Waals surface area contributed by atoms with Crippen molar-refractivity contribution in [1.82, 2.24) is 15.2 Å². The zero-order valence-corrected chi connectivity index (χ0v) is 19.8. The molecular weight excluding hydrogens is 408 g/mol. The van der Waals surface area contributed by atoms with Crippen LogP contribution < -0.4 is 4.90 Å². The molecule has 0 atom stereocenters. The van der Waals surface area contributed by atoms with Gasteiger partial charge in [-0.05, 0) is 66.8 Å². The molecule has 2 aliphatic rings. The highest BCUT2D eigenvalue weighted by atomic mass is 16.5. The molecule has 2 aromatic heterocycles. The lowest BCUT2D eigenvalue weighted by molar-refractivity contribution is -0.0499. The number of anilines is 1. The van der Waals surface area contributed by atoms with Gasteiger partial charge in [-0.3, -0.25) is 10.1 Å². The molecule has 0 amide bonds. The van der Waals surface area contributed by atoms with E-state index in [2.05, 4.69) is 79.2 Å². The van der Waals surface area contributed by atoms with Gasteiger partial charge in [0, 0.05) is 47.3 Å². The van der Waals surface area contributed by atoms with Crippen molar-refractivity contribution in [2.24, 2.45) is 0 Å². The maximum absolute atomic E-state index is 5.52. The van der Waals surface area contributed by atoms with Gasteiger partial charge >= 0.3 is 0 Å². The molecule has 0 bridgehead atoms. The Hall–Kier alpha value is -3.18. The van der Waals surface area contributed by atoms with E-state index in [0.29, 0.717) is 0 Å². The molecule has 0 spiro atoms. The lowest BCUT2D eigenvalue weighted by Gasteiger charge is -2.40. The Morgan fingerprint density at radius 2 is 1.82 bits per heavy atom. The normalized spacial score (nSPS) is 17.2. The van der Waals surface area contributed by atoms with E-state index in [1.165, 1.54) is 44.8 Å². The number of nitrogens with zero attached hydrogens (tertiary/aromatic N) is 3. The van der Waals surface area contributed by atoms with Crippen molar-refractivity contribution >= 4 is 16.6 Å². The van der Waals surface area contributed by atoms with E-state index >= 15 is 0 Å². The van der Waals surface area contributed by atoms with Crippen molar-refractivity contribution in [3.63, 3.8) is 0 Å². The van der Waals surface area contributed by atoms with Gasteiger partial charge in [0.25, 0.3) is 0 Å². The lowest BCUT2D eigenvalue weighted by Crippen LogP contribution is -2.44. The Kier molecular flexibility index (Phi) is 4.59. The average Bonchev–Trinajstić information content (AvgIpc) is 3.26. The van der Waals surface area contributed by atoms with Crippen LogP contribution in [0.2, 0.25) is 0 Å². The number of rotatable bonds is 3. The number of ether oxygens (including phenoxy) is 1. The van der Waals surface area contributed by atoms with Crippen LogP contribution in [0.15, 0.2) is 42.6 Å². The standard InChI is InChI=1S/C28H30N4O/c1-17-5-7-20(28(4)15-33-16-28)12-26(17)32-10-9-23-22(14-32)19(3)11-25(30-23)27-18(2)6-8-24-21(27)13-29-31-24/h5-8,11-13H,9-10,14-16H2,1-4H3,(H,29,31). The van der Waals surface area contributed by atoms with E-state index in [1.807, 2.05) is 6.20 Å². The van der Waals surface area contributed by atoms with Crippen LogP contribution in [0, 0.1) is 20.8 Å². The van der Waals surface area contributed by atoms with Crippen molar-refractivity contribution < 1.29 is 4.74 Å². The van der Waals surface area contributed by atoms with Crippen molar-refractivity contribution in [1.29, 1.82) is 0 Å². The maximum Gasteiger partial charge on any atom is 0.0718 e. The average molecular weight is 439 g/mol. The zero-order valence-electron chi connectivity index (χ0n) is 19.8. The first-order valence-corrected chi connectivity index (χ1v) is 11.8. The van der Waals surface area contributed by atoms with Crippen LogP contribution in [0.1, 0.15) is 40.4 Å². The highest BCUT2D eigenvalue weighted by molar-refractivity contribution is 5.95. The second-order valence-corrected chi connectivity index (χ2v) is 10.1. The zero-order chi connectivity index (χ0) is 22.7. The fraction of sp³-hybridized carbons (Fsp3) is 0.357. The number of benzene rings is 2. The molecule has 6 rings (SSSR count). The lowest BCUT2D eigenvalue weighted by atomic mass is 9.80. The number of H-pyrrole nitrogens is 1. The summed E-state index contributed by atoms with van der Waals surface area (Å²) in [5.41, 5.74) is 12.6. The molecule has 4 heterocycles. The van der Waals surface area contributed by atoms with E-state index in [-0.39, 0.29) is 5.41 Å². The molecule has 2 aliphatic heterocycles. The van der Waals surface area contributed by atoms with Gasteiger partial charge in [-0.25, -0.2) is 0 Å². The quantitative estimate of drug-likeness (QED) is 0.465. The highest BCUT2D eigenvalue weighted by Crippen LogP contribution is 2.37. The third-order valence-electron chi connectivity index (χ3n) is 7.58. The molecule has 0 unspecified atom stereocenters. The summed E-state index contributed by atoms with van der Waals surface area (Å²) >= 11 is 0. The summed E-state index contributed by atoms with van der Waals surface area (Å²) in [4.78, 5) is 7.71. The minimum absolute atomic E-state index is 0.147. The first-order chi connectivity index (χ1) is 15.9. The second kappa shape index (κ2) is 7.42. The molecule has 1 fully saturated rings. The third kappa shape index (κ3) is 3.25. The number of aromatic nitrogens is 3. The maximum atomic E-state index is 5.52. The molecule has 33 heavy (non-hydrogen) atoms. The molecule has 1 N–H and O–H groups in total. The van der Waals surface area contributed by atoms with E-state index in [1.54, 1.807) is 0 Å². The van der Waals surface area contributed by atoms with Gasteiger partial charge in [0.2, 0.25) is 0 Å². The number of aromatic amines is 1. The van der Waals surface area contributed by atoms with Crippen LogP contribution in [0.3, 0.4) is 0 Å². The molecule has 168 valence electrons. The predicted molar refractivity (Wildman–Crippen MR) is 133 cm³/mol. The minimum Gasteiger partial charge on any atom is -0.379 e. The monoisotopic (exact) mass is 438 g/mol. The van der Waals surface area contributed by atoms with Gasteiger partial charge in [0.15, 0.2) is 0 Å². The van der Waals surface area contributed by atoms with Crippen molar-refractivity contribution in [3.05, 3.63) is 76.1 Å². The first-order valence-electron chi connectivity index (χ1n) is 11.8. The summed E-state index contributed by atoms with van der Waals surface area (Å²) in [6.45, 7) is 12.4. The molecule has 1 saturated heterocycles. The smallest absolute Gasteiger partial charge is 0.0718 e. The minimum atomic E-state index is 0.147. The molecule has 5 nitrogen and oxygen atoms in total. The van der Waals surface area contributed by atoms with Crippen molar-refractivity contribution in [3.8, 4) is 11.3 Å². The second-order valence-electron chi connectivity index (χ2n) is 10.1. The van der Waals surface area contributed by atoms with E-state index in [0.717, 1.165) is 49.3 Å². The first kappa shape index (κ1) is 20.4. The Balaban J connectivity index is 1.37. The van der Waals surface area contributed by atoms with E-state index < -0.39 is 0 Å². The SMILES string of the molecule is Cc1ccc(C2(C)COC2)cc1N1CCc2nc(-c3c(C)ccc4[nH]ncc34)cc(C)c2C1. The van der Waals surface area contributed by atoms with Gasteiger partial charge in [-0.2, -0.15) is 5.10 Å². The van der Waals surface area contributed by atoms with Gasteiger partial charge in [0.05, 0.1) is 30.6 Å². The van der Waals surface area contributed by atoms with Crippen LogP contribution in [0.5, 0.6) is 0 Å². The van der Waals surface area contributed by atoms with Gasteiger partial charge in [0.1, 0.15) is 0 Å². The van der Waals surface area contributed by atoms with Crippen LogP contribution in [0.4, 0.5) is 5.69 Å². The Morgan fingerprint density at radius 3 is 2.61 bits per heavy atom. The number of hydrogen-bond donors (Lipinski definition) is 1. The topological polar surface area (TPSA) is 54.0 Å². The number of fused-ring (bicyclic) bond motifs is 2. The number of pyridine rings is 1. The number of aryl methyl sites for hydroxylation is 3. The summed E-state index contributed by atoms with van der Waals surface area (Å²) in [7, 11) is 0. The summed E-state index contributed by atoms with van der Waals surface area (Å²) < 4.78 is 5.52. The number of nitrogens with one attached hydrogen (secondary N) is 1. The third-order valence-corrected chi connectivity index (χ3v) is 7.58. The molecule has 2 aromatic carbocycles. The molecule has 5 heteroatoms. The fourth-order valence-electron chi connectivity index (χ4n) is 5.40. The van der Waals surface area contributed by atoms with Crippen LogP contribution >= 0.6 is 0 Å². The number of hydrogen-bond acceptors (Lipinski definition) is 4. The summed E-state index contributed by atoms with van der Waals surface area (Å²) in [6, 6.07) is 13.4. The Bertz CT molecular complexity index is 1380. The van der Waals surface area contributed by atoms with Crippen molar-refractivity contribution in [2.75, 3.05) is 24.7 Å². The van der Waals surface area contributed by atoms with E-state index in [4.69, 9.17) is 9.72 Å². The summed E-state index contributed by atoms with van der Waals surface area (Å²) in [5, 5.41) is 8.49. The summed E-state index contributed by atoms with van der Waals surface area (Å²) in [6.07, 6.45) is 2.87.